The Morgan fingerprint density at radius 1 is 1.11 bits per heavy atom. The van der Waals surface area contributed by atoms with Crippen LogP contribution < -0.4 is 5.73 Å². The fraction of sp³-hybridized carbons (Fsp3) is 0.400. The van der Waals surface area contributed by atoms with Crippen LogP contribution in [-0.2, 0) is 0 Å². The topological polar surface area (TPSA) is 43.8 Å². The SMILES string of the molecule is Nc1cc(C2C3CCCC32)nn1-c1ccccc1. The number of anilines is 1. The summed E-state index contributed by atoms with van der Waals surface area (Å²) in [6.45, 7) is 0. The molecule has 0 bridgehead atoms. The third-order valence-electron chi connectivity index (χ3n) is 4.50. The fourth-order valence-corrected chi connectivity index (χ4v) is 3.61. The lowest BCUT2D eigenvalue weighted by Crippen LogP contribution is -2.01. The average molecular weight is 239 g/mol. The predicted octanol–water partition coefficient (Wildman–Crippen LogP) is 2.97. The lowest BCUT2D eigenvalue weighted by molar-refractivity contribution is 0.664. The van der Waals surface area contributed by atoms with Gasteiger partial charge in [0.2, 0.25) is 0 Å². The summed E-state index contributed by atoms with van der Waals surface area (Å²) in [4.78, 5) is 0. The van der Waals surface area contributed by atoms with Crippen LogP contribution >= 0.6 is 0 Å². The number of nitrogen functional groups attached to an aromatic ring is 1. The Morgan fingerprint density at radius 3 is 2.56 bits per heavy atom. The van der Waals surface area contributed by atoms with Crippen LogP contribution in [-0.4, -0.2) is 9.78 Å². The highest BCUT2D eigenvalue weighted by molar-refractivity contribution is 5.44. The van der Waals surface area contributed by atoms with Crippen LogP contribution in [0.2, 0.25) is 0 Å². The van der Waals surface area contributed by atoms with Gasteiger partial charge in [-0.15, -0.1) is 0 Å². The van der Waals surface area contributed by atoms with Crippen LogP contribution in [0.5, 0.6) is 0 Å². The van der Waals surface area contributed by atoms with Crippen LogP contribution in [0, 0.1) is 11.8 Å². The Kier molecular flexibility index (Phi) is 2.04. The first kappa shape index (κ1) is 10.2. The van der Waals surface area contributed by atoms with Crippen molar-refractivity contribution in [2.75, 3.05) is 5.73 Å². The third kappa shape index (κ3) is 1.40. The third-order valence-corrected chi connectivity index (χ3v) is 4.50. The average Bonchev–Trinajstić information content (AvgIpc) is 2.78. The van der Waals surface area contributed by atoms with E-state index in [0.29, 0.717) is 5.92 Å². The smallest absolute Gasteiger partial charge is 0.127 e. The fourth-order valence-electron chi connectivity index (χ4n) is 3.61. The van der Waals surface area contributed by atoms with Crippen molar-refractivity contribution >= 4 is 5.82 Å². The molecule has 2 N–H and O–H groups in total. The second-order valence-corrected chi connectivity index (χ2v) is 5.53. The van der Waals surface area contributed by atoms with Crippen molar-refractivity contribution in [3.8, 4) is 5.69 Å². The molecule has 1 heterocycles. The van der Waals surface area contributed by atoms with Crippen molar-refractivity contribution in [1.29, 1.82) is 0 Å². The second kappa shape index (κ2) is 3.61. The lowest BCUT2D eigenvalue weighted by atomic mass is 10.1. The molecule has 2 atom stereocenters. The number of aromatic nitrogens is 2. The van der Waals surface area contributed by atoms with Gasteiger partial charge in [0.25, 0.3) is 0 Å². The van der Waals surface area contributed by atoms with Gasteiger partial charge in [0.15, 0.2) is 0 Å². The van der Waals surface area contributed by atoms with Gasteiger partial charge in [-0.2, -0.15) is 5.10 Å². The van der Waals surface area contributed by atoms with E-state index in [9.17, 15) is 0 Å². The quantitative estimate of drug-likeness (QED) is 0.875. The summed E-state index contributed by atoms with van der Waals surface area (Å²) in [7, 11) is 0. The van der Waals surface area contributed by atoms with Gasteiger partial charge in [0.1, 0.15) is 5.82 Å². The molecule has 2 aliphatic rings. The Labute approximate surface area is 107 Å². The van der Waals surface area contributed by atoms with Gasteiger partial charge in [-0.25, -0.2) is 4.68 Å². The molecule has 92 valence electrons. The van der Waals surface area contributed by atoms with Crippen molar-refractivity contribution in [1.82, 2.24) is 9.78 Å². The maximum absolute atomic E-state index is 6.09. The molecule has 4 rings (SSSR count). The molecule has 2 aliphatic carbocycles. The number of rotatable bonds is 2. The molecule has 2 saturated carbocycles. The summed E-state index contributed by atoms with van der Waals surface area (Å²) < 4.78 is 1.86. The number of para-hydroxylation sites is 1. The van der Waals surface area contributed by atoms with E-state index >= 15 is 0 Å². The Balaban J connectivity index is 1.68. The molecule has 3 heteroatoms. The largest absolute Gasteiger partial charge is 0.384 e. The first-order valence-corrected chi connectivity index (χ1v) is 6.75. The number of nitrogens with zero attached hydrogens (tertiary/aromatic N) is 2. The first-order chi connectivity index (χ1) is 8.84. The predicted molar refractivity (Wildman–Crippen MR) is 71.5 cm³/mol. The van der Waals surface area contributed by atoms with Crippen LogP contribution in [0.3, 0.4) is 0 Å². The van der Waals surface area contributed by atoms with Crippen molar-refractivity contribution < 1.29 is 0 Å². The molecule has 0 radical (unpaired) electrons. The maximum atomic E-state index is 6.09. The maximum Gasteiger partial charge on any atom is 0.127 e. The van der Waals surface area contributed by atoms with E-state index in [0.717, 1.165) is 23.3 Å². The zero-order valence-electron chi connectivity index (χ0n) is 10.3. The van der Waals surface area contributed by atoms with Crippen LogP contribution in [0.4, 0.5) is 5.82 Å². The van der Waals surface area contributed by atoms with Gasteiger partial charge in [0, 0.05) is 12.0 Å². The summed E-state index contributed by atoms with van der Waals surface area (Å²) >= 11 is 0. The zero-order valence-corrected chi connectivity index (χ0v) is 10.3. The van der Waals surface area contributed by atoms with Gasteiger partial charge in [-0.1, -0.05) is 24.6 Å². The highest BCUT2D eigenvalue weighted by Crippen LogP contribution is 2.62. The van der Waals surface area contributed by atoms with Gasteiger partial charge >= 0.3 is 0 Å². The second-order valence-electron chi connectivity index (χ2n) is 5.53. The molecule has 18 heavy (non-hydrogen) atoms. The van der Waals surface area contributed by atoms with E-state index in [-0.39, 0.29) is 0 Å². The Bertz CT molecular complexity index is 563. The van der Waals surface area contributed by atoms with Gasteiger partial charge < -0.3 is 5.73 Å². The van der Waals surface area contributed by atoms with E-state index in [2.05, 4.69) is 6.07 Å². The van der Waals surface area contributed by atoms with Crippen LogP contribution in [0.15, 0.2) is 36.4 Å². The van der Waals surface area contributed by atoms with Gasteiger partial charge in [0.05, 0.1) is 11.4 Å². The molecule has 2 unspecified atom stereocenters. The molecule has 0 spiro atoms. The molecular formula is C15H17N3. The Morgan fingerprint density at radius 2 is 1.83 bits per heavy atom. The van der Waals surface area contributed by atoms with E-state index in [1.54, 1.807) is 0 Å². The number of hydrogen-bond acceptors (Lipinski definition) is 2. The molecule has 2 fully saturated rings. The lowest BCUT2D eigenvalue weighted by Gasteiger charge is -2.02. The van der Waals surface area contributed by atoms with Crippen molar-refractivity contribution in [2.24, 2.45) is 11.8 Å². The number of benzene rings is 1. The van der Waals surface area contributed by atoms with E-state index in [4.69, 9.17) is 10.8 Å². The van der Waals surface area contributed by atoms with Gasteiger partial charge in [-0.05, 0) is 36.8 Å². The summed E-state index contributed by atoms with van der Waals surface area (Å²) in [5.74, 6) is 3.22. The van der Waals surface area contributed by atoms with Crippen molar-refractivity contribution in [3.63, 3.8) is 0 Å². The van der Waals surface area contributed by atoms with Gasteiger partial charge in [-0.3, -0.25) is 0 Å². The number of hydrogen-bond donors (Lipinski definition) is 1. The van der Waals surface area contributed by atoms with Crippen LogP contribution in [0.1, 0.15) is 30.9 Å². The number of fused-ring (bicyclic) bond motifs is 1. The summed E-state index contributed by atoms with van der Waals surface area (Å²) in [6.07, 6.45) is 4.17. The molecule has 2 aromatic rings. The van der Waals surface area contributed by atoms with E-state index in [1.807, 2.05) is 35.0 Å². The highest BCUT2D eigenvalue weighted by atomic mass is 15.3. The minimum Gasteiger partial charge on any atom is -0.384 e. The molecule has 0 amide bonds. The summed E-state index contributed by atoms with van der Waals surface area (Å²) in [5.41, 5.74) is 8.34. The first-order valence-electron chi connectivity index (χ1n) is 6.75. The molecule has 3 nitrogen and oxygen atoms in total. The van der Waals surface area contributed by atoms with Crippen molar-refractivity contribution in [3.05, 3.63) is 42.1 Å². The minimum atomic E-state index is 0.686. The highest BCUT2D eigenvalue weighted by Gasteiger charge is 2.54. The molecular weight excluding hydrogens is 222 g/mol. The number of nitrogens with two attached hydrogens (primary N) is 1. The molecule has 1 aromatic heterocycles. The molecule has 0 saturated heterocycles. The Hall–Kier alpha value is -1.77. The van der Waals surface area contributed by atoms with Crippen LogP contribution in [0.25, 0.3) is 5.69 Å². The molecule has 1 aromatic carbocycles. The zero-order chi connectivity index (χ0) is 12.1. The minimum absolute atomic E-state index is 0.686. The van der Waals surface area contributed by atoms with E-state index in [1.165, 1.54) is 25.0 Å². The molecule has 0 aliphatic heterocycles. The monoisotopic (exact) mass is 239 g/mol. The summed E-state index contributed by atoms with van der Waals surface area (Å²) in [5, 5.41) is 4.72. The normalized spacial score (nSPS) is 29.2. The summed E-state index contributed by atoms with van der Waals surface area (Å²) in [6, 6.07) is 12.2. The van der Waals surface area contributed by atoms with Crippen molar-refractivity contribution in [2.45, 2.75) is 25.2 Å². The standard InChI is InChI=1S/C15H17N3/c16-14-9-13(15-11-7-4-8-12(11)15)17-18(14)10-5-2-1-3-6-10/h1-3,5-6,9,11-12,15H,4,7-8,16H2. The van der Waals surface area contributed by atoms with E-state index < -0.39 is 0 Å².